The summed E-state index contributed by atoms with van der Waals surface area (Å²) in [6, 6.07) is 2.89. The molecule has 0 radical (unpaired) electrons. The van der Waals surface area contributed by atoms with E-state index in [4.69, 9.17) is 5.11 Å². The van der Waals surface area contributed by atoms with Gasteiger partial charge in [-0.2, -0.15) is 0 Å². The second-order valence-electron chi connectivity index (χ2n) is 3.90. The fraction of sp³-hybridized carbons (Fsp3) is 0.333. The molecular formula is C12H14FNO3. The van der Waals surface area contributed by atoms with Crippen molar-refractivity contribution in [3.8, 4) is 0 Å². The highest BCUT2D eigenvalue weighted by Crippen LogP contribution is 2.23. The Morgan fingerprint density at radius 1 is 1.41 bits per heavy atom. The number of amides is 1. The van der Waals surface area contributed by atoms with Crippen molar-refractivity contribution in [1.29, 1.82) is 0 Å². The van der Waals surface area contributed by atoms with Crippen molar-refractivity contribution in [3.63, 3.8) is 0 Å². The van der Waals surface area contributed by atoms with E-state index in [1.54, 1.807) is 13.0 Å². The summed E-state index contributed by atoms with van der Waals surface area (Å²) < 4.78 is 13.6. The summed E-state index contributed by atoms with van der Waals surface area (Å²) >= 11 is 0. The van der Waals surface area contributed by atoms with Crippen LogP contribution in [-0.2, 0) is 9.59 Å². The molecule has 1 N–H and O–H groups in total. The minimum absolute atomic E-state index is 0.00444. The Labute approximate surface area is 98.7 Å². The molecule has 0 aromatic heterocycles. The molecule has 1 unspecified atom stereocenters. The van der Waals surface area contributed by atoms with Crippen LogP contribution in [0.2, 0.25) is 0 Å². The summed E-state index contributed by atoms with van der Waals surface area (Å²) in [4.78, 5) is 23.3. The van der Waals surface area contributed by atoms with Crippen molar-refractivity contribution < 1.29 is 19.1 Å². The number of carbonyl (C=O) groups excluding carboxylic acids is 1. The molecule has 92 valence electrons. The molecule has 0 aliphatic heterocycles. The maximum absolute atomic E-state index is 13.6. The average molecular weight is 239 g/mol. The molecular weight excluding hydrogens is 225 g/mol. The van der Waals surface area contributed by atoms with Crippen LogP contribution in [0, 0.1) is 12.7 Å². The summed E-state index contributed by atoms with van der Waals surface area (Å²) in [6.07, 6.45) is 0. The summed E-state index contributed by atoms with van der Waals surface area (Å²) in [5, 5.41) is 9.10. The Kier molecular flexibility index (Phi) is 3.83. The summed E-state index contributed by atoms with van der Waals surface area (Å²) in [5.74, 6) is -2.32. The second kappa shape index (κ2) is 4.95. The lowest BCUT2D eigenvalue weighted by Crippen LogP contribution is -2.34. The number of benzene rings is 1. The number of nitrogens with zero attached hydrogens (tertiary/aromatic N) is 1. The molecule has 0 spiro atoms. The third kappa shape index (κ3) is 2.81. The highest BCUT2D eigenvalue weighted by molar-refractivity contribution is 5.83. The SMILES string of the molecule is CC(=O)N(C)C(C(=O)O)c1cc(C)ccc1F. The number of carboxylic acid groups (broad SMARTS) is 1. The van der Waals surface area contributed by atoms with Gasteiger partial charge in [-0.3, -0.25) is 4.79 Å². The molecule has 1 aromatic carbocycles. The summed E-state index contributed by atoms with van der Waals surface area (Å²) in [7, 11) is 1.34. The first kappa shape index (κ1) is 13.2. The van der Waals surface area contributed by atoms with Gasteiger partial charge in [0.05, 0.1) is 0 Å². The Bertz CT molecular complexity index is 459. The monoisotopic (exact) mass is 239 g/mol. The van der Waals surface area contributed by atoms with E-state index in [0.29, 0.717) is 0 Å². The van der Waals surface area contributed by atoms with Crippen molar-refractivity contribution in [2.45, 2.75) is 19.9 Å². The van der Waals surface area contributed by atoms with E-state index in [2.05, 4.69) is 0 Å². The van der Waals surface area contributed by atoms with Gasteiger partial charge in [0, 0.05) is 19.5 Å². The van der Waals surface area contributed by atoms with Crippen molar-refractivity contribution in [3.05, 3.63) is 35.1 Å². The predicted molar refractivity (Wildman–Crippen MR) is 60.0 cm³/mol. The topological polar surface area (TPSA) is 57.6 Å². The largest absolute Gasteiger partial charge is 0.479 e. The number of aryl methyl sites for hydroxylation is 1. The van der Waals surface area contributed by atoms with Crippen LogP contribution in [0.3, 0.4) is 0 Å². The number of rotatable bonds is 3. The third-order valence-corrected chi connectivity index (χ3v) is 2.56. The first-order valence-electron chi connectivity index (χ1n) is 5.07. The van der Waals surface area contributed by atoms with E-state index in [1.807, 2.05) is 0 Å². The second-order valence-corrected chi connectivity index (χ2v) is 3.90. The molecule has 0 saturated heterocycles. The van der Waals surface area contributed by atoms with Gasteiger partial charge in [-0.05, 0) is 13.0 Å². The molecule has 0 bridgehead atoms. The molecule has 0 aliphatic carbocycles. The van der Waals surface area contributed by atoms with E-state index >= 15 is 0 Å². The van der Waals surface area contributed by atoms with Gasteiger partial charge in [-0.15, -0.1) is 0 Å². The fourth-order valence-corrected chi connectivity index (χ4v) is 1.56. The Morgan fingerprint density at radius 3 is 2.47 bits per heavy atom. The molecule has 1 atom stereocenters. The molecule has 1 rings (SSSR count). The van der Waals surface area contributed by atoms with Crippen LogP contribution in [0.5, 0.6) is 0 Å². The van der Waals surface area contributed by atoms with E-state index in [-0.39, 0.29) is 5.56 Å². The average Bonchev–Trinajstić information content (AvgIpc) is 2.22. The molecule has 0 heterocycles. The van der Waals surface area contributed by atoms with Crippen LogP contribution < -0.4 is 0 Å². The van der Waals surface area contributed by atoms with Gasteiger partial charge in [-0.25, -0.2) is 9.18 Å². The summed E-state index contributed by atoms with van der Waals surface area (Å²) in [5.41, 5.74) is 0.736. The molecule has 1 amide bonds. The standard InChI is InChI=1S/C12H14FNO3/c1-7-4-5-10(13)9(6-7)11(12(16)17)14(3)8(2)15/h4-6,11H,1-3H3,(H,16,17). The molecule has 5 heteroatoms. The first-order valence-corrected chi connectivity index (χ1v) is 5.07. The normalized spacial score (nSPS) is 12.0. The molecule has 0 saturated carbocycles. The lowest BCUT2D eigenvalue weighted by Gasteiger charge is -2.24. The number of aliphatic carboxylic acids is 1. The minimum Gasteiger partial charge on any atom is -0.479 e. The van der Waals surface area contributed by atoms with Crippen LogP contribution in [0.25, 0.3) is 0 Å². The van der Waals surface area contributed by atoms with Gasteiger partial charge >= 0.3 is 5.97 Å². The molecule has 0 fully saturated rings. The minimum atomic E-state index is -1.30. The maximum atomic E-state index is 13.6. The van der Waals surface area contributed by atoms with E-state index in [0.717, 1.165) is 10.5 Å². The number of carbonyl (C=O) groups is 2. The van der Waals surface area contributed by atoms with E-state index < -0.39 is 23.7 Å². The van der Waals surface area contributed by atoms with Crippen molar-refractivity contribution in [1.82, 2.24) is 4.90 Å². The maximum Gasteiger partial charge on any atom is 0.331 e. The number of hydrogen-bond acceptors (Lipinski definition) is 2. The lowest BCUT2D eigenvalue weighted by molar-refractivity contribution is -0.148. The van der Waals surface area contributed by atoms with E-state index in [1.165, 1.54) is 26.1 Å². The molecule has 4 nitrogen and oxygen atoms in total. The quantitative estimate of drug-likeness (QED) is 0.874. The van der Waals surface area contributed by atoms with Crippen molar-refractivity contribution in [2.75, 3.05) is 7.05 Å². The molecule has 17 heavy (non-hydrogen) atoms. The number of carboxylic acids is 1. The van der Waals surface area contributed by atoms with Gasteiger partial charge in [0.2, 0.25) is 5.91 Å². The van der Waals surface area contributed by atoms with Gasteiger partial charge in [0.25, 0.3) is 0 Å². The van der Waals surface area contributed by atoms with Crippen LogP contribution >= 0.6 is 0 Å². The van der Waals surface area contributed by atoms with Crippen molar-refractivity contribution >= 4 is 11.9 Å². The highest BCUT2D eigenvalue weighted by atomic mass is 19.1. The van der Waals surface area contributed by atoms with Crippen LogP contribution in [0.4, 0.5) is 4.39 Å². The zero-order chi connectivity index (χ0) is 13.2. The van der Waals surface area contributed by atoms with Gasteiger partial charge in [0.1, 0.15) is 5.82 Å². The molecule has 0 aliphatic rings. The Hall–Kier alpha value is -1.91. The third-order valence-electron chi connectivity index (χ3n) is 2.56. The van der Waals surface area contributed by atoms with Gasteiger partial charge in [0.15, 0.2) is 6.04 Å². The van der Waals surface area contributed by atoms with Crippen molar-refractivity contribution in [2.24, 2.45) is 0 Å². The Morgan fingerprint density at radius 2 is 2.00 bits per heavy atom. The predicted octanol–water partition coefficient (Wildman–Crippen LogP) is 1.74. The highest BCUT2D eigenvalue weighted by Gasteiger charge is 2.29. The number of hydrogen-bond donors (Lipinski definition) is 1. The van der Waals surface area contributed by atoms with Gasteiger partial charge < -0.3 is 10.0 Å². The van der Waals surface area contributed by atoms with Gasteiger partial charge in [-0.1, -0.05) is 17.7 Å². The smallest absolute Gasteiger partial charge is 0.331 e. The number of likely N-dealkylation sites (N-methyl/N-ethyl adjacent to an activating group) is 1. The van der Waals surface area contributed by atoms with E-state index in [9.17, 15) is 14.0 Å². The fourth-order valence-electron chi connectivity index (χ4n) is 1.56. The summed E-state index contributed by atoms with van der Waals surface area (Å²) in [6.45, 7) is 2.97. The Balaban J connectivity index is 3.27. The zero-order valence-corrected chi connectivity index (χ0v) is 9.90. The number of halogens is 1. The zero-order valence-electron chi connectivity index (χ0n) is 9.90. The first-order chi connectivity index (χ1) is 7.84. The van der Waals surface area contributed by atoms with Crippen LogP contribution in [-0.4, -0.2) is 28.9 Å². The lowest BCUT2D eigenvalue weighted by atomic mass is 10.0. The van der Waals surface area contributed by atoms with Crippen LogP contribution in [0.1, 0.15) is 24.1 Å². The van der Waals surface area contributed by atoms with Crippen LogP contribution in [0.15, 0.2) is 18.2 Å². The molecule has 1 aromatic rings.